The third kappa shape index (κ3) is 18.2. The molecule has 0 radical (unpaired) electrons. The van der Waals surface area contributed by atoms with Crippen molar-refractivity contribution in [2.75, 3.05) is 6.54 Å². The van der Waals surface area contributed by atoms with Gasteiger partial charge in [-0.15, -0.1) is 6.58 Å². The zero-order chi connectivity index (χ0) is 51.8. The average Bonchev–Trinajstić information content (AvgIpc) is 3.79. The van der Waals surface area contributed by atoms with E-state index in [1.807, 2.05) is 19.1 Å². The second-order valence-corrected chi connectivity index (χ2v) is 19.6. The van der Waals surface area contributed by atoms with Crippen molar-refractivity contribution in [3.63, 3.8) is 0 Å². The molecule has 0 bridgehead atoms. The standard InChI is InChI=1S/C73H85N/c1-6-11-15-17-22-32-58-74(57-31-21-16-12-7-2)71-55-53-64(54-56-71)63-47-49-68(50-48-63)73(67-40-29-24-30-41-67)66(34-10-5)39-26-20-18-19-25-36-60(35-13-8-3)61-42-33-43-62(46-45-61)69-51-52-70(59-69)72(44-14-9-4)65-37-27-23-28-38-65/h6-9,12-17,19,21-27,29-34,37,39-41,43,45-53,55-57,60,64,72-73H,1,10-11,18,20,28,35-36,38,42,44,54,58-59H2,2-5H3/b12-7-,13-8-,14-9-,17-15-,21-16-,25-19-,32-22-,39-26-,57-31+,66-34+. The Hall–Kier alpha value is -6.96. The Morgan fingerprint density at radius 1 is 0.689 bits per heavy atom. The van der Waals surface area contributed by atoms with Gasteiger partial charge in [0.05, 0.1) is 0 Å². The summed E-state index contributed by atoms with van der Waals surface area (Å²) in [5, 5.41) is 0. The summed E-state index contributed by atoms with van der Waals surface area (Å²) in [7, 11) is 0. The average molecular weight is 976 g/mol. The lowest BCUT2D eigenvalue weighted by atomic mass is 9.82. The van der Waals surface area contributed by atoms with Gasteiger partial charge in [-0.1, -0.05) is 254 Å². The molecule has 382 valence electrons. The van der Waals surface area contributed by atoms with E-state index >= 15 is 0 Å². The second-order valence-electron chi connectivity index (χ2n) is 19.6. The van der Waals surface area contributed by atoms with E-state index in [1.165, 1.54) is 51.1 Å². The van der Waals surface area contributed by atoms with Crippen LogP contribution in [0.1, 0.15) is 133 Å². The molecule has 74 heavy (non-hydrogen) atoms. The molecule has 4 unspecified atom stereocenters. The van der Waals surface area contributed by atoms with E-state index in [2.05, 4.69) is 269 Å². The summed E-state index contributed by atoms with van der Waals surface area (Å²) >= 11 is 0. The third-order valence-corrected chi connectivity index (χ3v) is 14.3. The first-order chi connectivity index (χ1) is 36.6. The van der Waals surface area contributed by atoms with Crippen molar-refractivity contribution >= 4 is 0 Å². The summed E-state index contributed by atoms with van der Waals surface area (Å²) in [4.78, 5) is 2.31. The van der Waals surface area contributed by atoms with Gasteiger partial charge < -0.3 is 4.90 Å². The van der Waals surface area contributed by atoms with E-state index < -0.39 is 0 Å². The fourth-order valence-corrected chi connectivity index (χ4v) is 10.3. The van der Waals surface area contributed by atoms with Gasteiger partial charge in [-0.2, -0.15) is 0 Å². The van der Waals surface area contributed by atoms with E-state index in [4.69, 9.17) is 0 Å². The van der Waals surface area contributed by atoms with E-state index in [0.29, 0.717) is 17.8 Å². The summed E-state index contributed by atoms with van der Waals surface area (Å²) in [5.41, 5.74) is 14.1. The molecule has 0 saturated carbocycles. The van der Waals surface area contributed by atoms with Crippen LogP contribution in [0.15, 0.2) is 295 Å². The van der Waals surface area contributed by atoms with Gasteiger partial charge in [0, 0.05) is 36.2 Å². The van der Waals surface area contributed by atoms with Crippen LogP contribution in [0, 0.1) is 11.8 Å². The lowest BCUT2D eigenvalue weighted by Crippen LogP contribution is -2.17. The van der Waals surface area contributed by atoms with Crippen molar-refractivity contribution in [3.05, 3.63) is 312 Å². The fraction of sp³-hybridized carbons (Fsp3) is 0.288. The van der Waals surface area contributed by atoms with E-state index in [-0.39, 0.29) is 5.92 Å². The number of unbranched alkanes of at least 4 members (excludes halogenated alkanes) is 1. The normalized spacial score (nSPS) is 18.9. The zero-order valence-electron chi connectivity index (χ0n) is 45.3. The maximum Gasteiger partial charge on any atom is 0.0409 e. The minimum atomic E-state index is 0.163. The molecule has 0 amide bonds. The van der Waals surface area contributed by atoms with E-state index in [1.54, 1.807) is 11.1 Å². The van der Waals surface area contributed by atoms with Crippen LogP contribution in [0.4, 0.5) is 0 Å². The van der Waals surface area contributed by atoms with Crippen LogP contribution >= 0.6 is 0 Å². The van der Waals surface area contributed by atoms with Crippen LogP contribution in [0.2, 0.25) is 0 Å². The van der Waals surface area contributed by atoms with Crippen LogP contribution in [0.25, 0.3) is 0 Å². The Bertz CT molecular complexity index is 2690. The Morgan fingerprint density at radius 2 is 1.46 bits per heavy atom. The second kappa shape index (κ2) is 33.0. The molecule has 0 N–H and O–H groups in total. The molecule has 0 aliphatic heterocycles. The molecule has 0 saturated heterocycles. The van der Waals surface area contributed by atoms with Crippen molar-refractivity contribution in [2.24, 2.45) is 11.8 Å². The topological polar surface area (TPSA) is 3.24 Å². The lowest BCUT2D eigenvalue weighted by Gasteiger charge is -2.25. The molecule has 4 atom stereocenters. The van der Waals surface area contributed by atoms with E-state index in [0.717, 1.165) is 77.2 Å². The van der Waals surface area contributed by atoms with Gasteiger partial charge >= 0.3 is 0 Å². The Kier molecular flexibility index (Phi) is 25.1. The predicted molar refractivity (Wildman–Crippen MR) is 326 cm³/mol. The van der Waals surface area contributed by atoms with Gasteiger partial charge in [0.15, 0.2) is 0 Å². The number of hydrogen-bond acceptors (Lipinski definition) is 1. The predicted octanol–water partition coefficient (Wildman–Crippen LogP) is 20.5. The highest BCUT2D eigenvalue weighted by Gasteiger charge is 2.24. The molecule has 1 nitrogen and oxygen atoms in total. The van der Waals surface area contributed by atoms with Crippen molar-refractivity contribution < 1.29 is 0 Å². The molecule has 0 spiro atoms. The number of allylic oxidation sites excluding steroid dienone is 36. The first-order valence-electron chi connectivity index (χ1n) is 27.8. The summed E-state index contributed by atoms with van der Waals surface area (Å²) < 4.78 is 0. The molecule has 6 rings (SSSR count). The number of rotatable bonds is 28. The summed E-state index contributed by atoms with van der Waals surface area (Å²) in [6.45, 7) is 13.2. The third-order valence-electron chi connectivity index (χ3n) is 14.3. The highest BCUT2D eigenvalue weighted by Crippen LogP contribution is 2.40. The van der Waals surface area contributed by atoms with Gasteiger partial charge in [0.1, 0.15) is 0 Å². The number of nitrogens with zero attached hydrogens (tertiary/aromatic N) is 1. The van der Waals surface area contributed by atoms with E-state index in [9.17, 15) is 0 Å². The Morgan fingerprint density at radius 3 is 2.22 bits per heavy atom. The van der Waals surface area contributed by atoms with Crippen LogP contribution < -0.4 is 0 Å². The minimum absolute atomic E-state index is 0.163. The monoisotopic (exact) mass is 976 g/mol. The Balaban J connectivity index is 1.07. The fourth-order valence-electron chi connectivity index (χ4n) is 10.3. The summed E-state index contributed by atoms with van der Waals surface area (Å²) in [6, 6.07) is 20.5. The smallest absolute Gasteiger partial charge is 0.0409 e. The molecule has 4 aliphatic carbocycles. The largest absolute Gasteiger partial charge is 0.344 e. The molecule has 4 aliphatic rings. The maximum absolute atomic E-state index is 3.81. The Labute approximate surface area is 449 Å². The maximum atomic E-state index is 3.81. The van der Waals surface area contributed by atoms with Crippen LogP contribution in [-0.2, 0) is 0 Å². The van der Waals surface area contributed by atoms with Gasteiger partial charge in [0.25, 0.3) is 0 Å². The van der Waals surface area contributed by atoms with Crippen LogP contribution in [-0.4, -0.2) is 11.4 Å². The summed E-state index contributed by atoms with van der Waals surface area (Å²) in [5.74, 6) is 1.49. The molecule has 0 heterocycles. The van der Waals surface area contributed by atoms with Crippen molar-refractivity contribution in [1.29, 1.82) is 0 Å². The molecule has 2 aromatic rings. The summed E-state index contributed by atoms with van der Waals surface area (Å²) in [6.07, 6.45) is 85.0. The van der Waals surface area contributed by atoms with Crippen molar-refractivity contribution in [1.82, 2.24) is 4.90 Å². The lowest BCUT2D eigenvalue weighted by molar-refractivity contribution is 0.525. The van der Waals surface area contributed by atoms with Gasteiger partial charge in [-0.05, 0) is 149 Å². The van der Waals surface area contributed by atoms with Gasteiger partial charge in [-0.25, -0.2) is 0 Å². The van der Waals surface area contributed by atoms with Crippen molar-refractivity contribution in [2.45, 2.75) is 117 Å². The zero-order valence-corrected chi connectivity index (χ0v) is 45.3. The minimum Gasteiger partial charge on any atom is -0.344 e. The first kappa shape index (κ1) is 56.3. The SMILES string of the molecule is C=CC/C=C\C=C/CN(/C=C/C=C\C=C/C)C1=CCC(c2ccc(C(C(/C=C\CC/C=C\CC(C/C=C\C)C3=CC=C(C4=CC=C(C(C/C=C\C)C5=CC=CCC5)C4)C=CC3)=C/CC)c3ccccc3)cc2)C=C1. The van der Waals surface area contributed by atoms with Crippen LogP contribution in [0.5, 0.6) is 0 Å². The number of hydrogen-bond donors (Lipinski definition) is 0. The van der Waals surface area contributed by atoms with Crippen LogP contribution in [0.3, 0.4) is 0 Å². The molecule has 1 heteroatoms. The molecule has 0 aromatic heterocycles. The number of benzene rings is 2. The molecule has 2 aromatic carbocycles. The van der Waals surface area contributed by atoms with Gasteiger partial charge in [0.2, 0.25) is 0 Å². The highest BCUT2D eigenvalue weighted by molar-refractivity contribution is 5.53. The molecular formula is C73H85N. The van der Waals surface area contributed by atoms with Gasteiger partial charge in [-0.3, -0.25) is 0 Å². The van der Waals surface area contributed by atoms with Crippen molar-refractivity contribution in [3.8, 4) is 0 Å². The molecular weight excluding hydrogens is 891 g/mol. The molecule has 0 fully saturated rings. The first-order valence-corrected chi connectivity index (χ1v) is 27.8. The highest BCUT2D eigenvalue weighted by atomic mass is 15.1. The quantitative estimate of drug-likeness (QED) is 0.0467.